The molecule has 1 aliphatic rings. The number of likely N-dealkylation sites (tertiary alicyclic amines) is 1. The summed E-state index contributed by atoms with van der Waals surface area (Å²) in [5.74, 6) is 5.48. The van der Waals surface area contributed by atoms with Crippen molar-refractivity contribution < 1.29 is 14.2 Å². The van der Waals surface area contributed by atoms with Crippen LogP contribution in [0.15, 0.2) is 18.2 Å². The number of hydrogen-bond donors (Lipinski definition) is 1. The first-order valence-corrected chi connectivity index (χ1v) is 7.43. The number of nitrogens with zero attached hydrogens (tertiary/aromatic N) is 1. The molecule has 21 heavy (non-hydrogen) atoms. The minimum atomic E-state index is -0.350. The molecule has 1 aromatic rings. The van der Waals surface area contributed by atoms with E-state index in [1.54, 1.807) is 6.07 Å². The van der Waals surface area contributed by atoms with Crippen LogP contribution in [0.4, 0.5) is 4.39 Å². The summed E-state index contributed by atoms with van der Waals surface area (Å²) >= 11 is 0. The normalized spacial score (nSPS) is 18.9. The van der Waals surface area contributed by atoms with Crippen molar-refractivity contribution in [3.63, 3.8) is 0 Å². The Morgan fingerprint density at radius 3 is 3.05 bits per heavy atom. The second-order valence-electron chi connectivity index (χ2n) is 5.37. The van der Waals surface area contributed by atoms with Crippen LogP contribution in [0.2, 0.25) is 0 Å². The number of halogens is 1. The molecular formula is C17H22FNO2. The maximum absolute atomic E-state index is 13.2. The van der Waals surface area contributed by atoms with Crippen molar-refractivity contribution in [3.8, 4) is 17.6 Å². The van der Waals surface area contributed by atoms with E-state index >= 15 is 0 Å². The zero-order valence-electron chi connectivity index (χ0n) is 12.4. The molecule has 0 radical (unpaired) electrons. The van der Waals surface area contributed by atoms with Gasteiger partial charge in [-0.1, -0.05) is 18.3 Å². The fourth-order valence-electron chi connectivity index (χ4n) is 2.67. The Balaban J connectivity index is 1.93. The molecule has 0 aromatic heterocycles. The van der Waals surface area contributed by atoms with Gasteiger partial charge in [0.15, 0.2) is 0 Å². The van der Waals surface area contributed by atoms with E-state index in [4.69, 9.17) is 9.84 Å². The van der Waals surface area contributed by atoms with Crippen LogP contribution >= 0.6 is 0 Å². The largest absolute Gasteiger partial charge is 0.492 e. The van der Waals surface area contributed by atoms with Gasteiger partial charge >= 0.3 is 0 Å². The molecule has 0 amide bonds. The van der Waals surface area contributed by atoms with E-state index in [-0.39, 0.29) is 12.4 Å². The van der Waals surface area contributed by atoms with Gasteiger partial charge in [0, 0.05) is 6.04 Å². The predicted molar refractivity (Wildman–Crippen MR) is 80.7 cm³/mol. The third kappa shape index (κ3) is 4.73. The van der Waals surface area contributed by atoms with Gasteiger partial charge in [0.05, 0.1) is 12.2 Å². The topological polar surface area (TPSA) is 32.7 Å². The minimum Gasteiger partial charge on any atom is -0.492 e. The van der Waals surface area contributed by atoms with Crippen LogP contribution in [0, 0.1) is 17.7 Å². The first-order chi connectivity index (χ1) is 10.2. The van der Waals surface area contributed by atoms with Crippen molar-refractivity contribution in [2.24, 2.45) is 0 Å². The molecule has 1 aliphatic heterocycles. The maximum atomic E-state index is 13.2. The lowest BCUT2D eigenvalue weighted by Crippen LogP contribution is -2.37. The van der Waals surface area contributed by atoms with E-state index in [1.807, 2.05) is 0 Å². The molecule has 1 saturated heterocycles. The molecule has 4 heteroatoms. The van der Waals surface area contributed by atoms with E-state index in [9.17, 15) is 4.39 Å². The lowest BCUT2D eigenvalue weighted by molar-refractivity contribution is 0.153. The predicted octanol–water partition coefficient (Wildman–Crippen LogP) is 2.42. The number of hydrogen-bond acceptors (Lipinski definition) is 3. The van der Waals surface area contributed by atoms with Crippen molar-refractivity contribution in [1.29, 1.82) is 0 Å². The Kier molecular flexibility index (Phi) is 6.04. The van der Waals surface area contributed by atoms with E-state index in [1.165, 1.54) is 31.4 Å². The molecule has 0 spiro atoms. The van der Waals surface area contributed by atoms with E-state index in [0.717, 1.165) is 13.0 Å². The van der Waals surface area contributed by atoms with E-state index in [2.05, 4.69) is 23.8 Å². The van der Waals surface area contributed by atoms with E-state index in [0.29, 0.717) is 24.0 Å². The molecule has 1 heterocycles. The van der Waals surface area contributed by atoms with Gasteiger partial charge < -0.3 is 14.7 Å². The molecule has 2 rings (SSSR count). The average molecular weight is 291 g/mol. The van der Waals surface area contributed by atoms with E-state index < -0.39 is 0 Å². The summed E-state index contributed by atoms with van der Waals surface area (Å²) in [6.45, 7) is 1.49. The Bertz CT molecular complexity index is 521. The summed E-state index contributed by atoms with van der Waals surface area (Å²) in [5.41, 5.74) is 0.487. The van der Waals surface area contributed by atoms with Gasteiger partial charge in [-0.2, -0.15) is 0 Å². The Morgan fingerprint density at radius 1 is 1.43 bits per heavy atom. The number of rotatable bonds is 4. The number of ether oxygens (including phenoxy) is 1. The van der Waals surface area contributed by atoms with Gasteiger partial charge in [-0.05, 0) is 51.1 Å². The van der Waals surface area contributed by atoms with Crippen molar-refractivity contribution in [1.82, 2.24) is 4.90 Å². The summed E-state index contributed by atoms with van der Waals surface area (Å²) in [6.07, 6.45) is 4.71. The molecule has 1 atom stereocenters. The van der Waals surface area contributed by atoms with Gasteiger partial charge in [0.25, 0.3) is 0 Å². The van der Waals surface area contributed by atoms with Gasteiger partial charge in [-0.15, -0.1) is 0 Å². The van der Waals surface area contributed by atoms with Gasteiger partial charge in [0.1, 0.15) is 18.2 Å². The van der Waals surface area contributed by atoms with Crippen molar-refractivity contribution in [2.45, 2.75) is 31.7 Å². The molecule has 1 N–H and O–H groups in total. The summed E-state index contributed by atoms with van der Waals surface area (Å²) in [5, 5.41) is 8.75. The first kappa shape index (κ1) is 15.8. The molecule has 0 bridgehead atoms. The number of benzene rings is 1. The van der Waals surface area contributed by atoms with Crippen LogP contribution in [0.1, 0.15) is 31.2 Å². The molecular weight excluding hydrogens is 269 g/mol. The Hall–Kier alpha value is -1.57. The summed E-state index contributed by atoms with van der Waals surface area (Å²) in [6, 6.07) is 4.87. The fourth-order valence-corrected chi connectivity index (χ4v) is 2.67. The molecule has 114 valence electrons. The third-order valence-corrected chi connectivity index (χ3v) is 3.87. The highest BCUT2D eigenvalue weighted by molar-refractivity contribution is 5.46. The van der Waals surface area contributed by atoms with Gasteiger partial charge in [-0.25, -0.2) is 4.39 Å². The Labute approximate surface area is 125 Å². The van der Waals surface area contributed by atoms with Crippen LogP contribution < -0.4 is 4.74 Å². The maximum Gasteiger partial charge on any atom is 0.135 e. The lowest BCUT2D eigenvalue weighted by atomic mass is 10.0. The monoisotopic (exact) mass is 291 g/mol. The first-order valence-electron chi connectivity index (χ1n) is 7.43. The summed E-state index contributed by atoms with van der Waals surface area (Å²) in [4.78, 5) is 2.38. The zero-order valence-corrected chi connectivity index (χ0v) is 12.4. The van der Waals surface area contributed by atoms with Gasteiger partial charge in [-0.3, -0.25) is 0 Å². The molecule has 0 aliphatic carbocycles. The second kappa shape index (κ2) is 8.02. The number of piperidine rings is 1. The quantitative estimate of drug-likeness (QED) is 0.865. The van der Waals surface area contributed by atoms with Crippen LogP contribution in [-0.2, 0) is 0 Å². The van der Waals surface area contributed by atoms with Crippen LogP contribution in [0.25, 0.3) is 0 Å². The lowest BCUT2D eigenvalue weighted by Gasteiger charge is -2.32. The van der Waals surface area contributed by atoms with Crippen LogP contribution in [0.5, 0.6) is 5.75 Å². The van der Waals surface area contributed by atoms with Crippen LogP contribution in [-0.4, -0.2) is 42.9 Å². The minimum absolute atomic E-state index is 0.247. The molecule has 1 fully saturated rings. The highest BCUT2D eigenvalue weighted by atomic mass is 19.1. The number of aliphatic hydroxyl groups excluding tert-OH is 1. The molecule has 1 aromatic carbocycles. The number of aliphatic hydroxyl groups is 1. The standard InChI is InChI=1S/C17H22FNO2/c1-19-10-3-2-6-16(19)9-12-21-17-8-7-15(18)13-14(17)5-4-11-20/h7-8,13,16,20H,2-3,6,9-12H2,1H3. The van der Waals surface area contributed by atoms with Gasteiger partial charge in [0.2, 0.25) is 0 Å². The smallest absolute Gasteiger partial charge is 0.135 e. The van der Waals surface area contributed by atoms with Crippen molar-refractivity contribution >= 4 is 0 Å². The average Bonchev–Trinajstić information content (AvgIpc) is 2.49. The molecule has 1 unspecified atom stereocenters. The SMILES string of the molecule is CN1CCCCC1CCOc1ccc(F)cc1C#CCO. The third-order valence-electron chi connectivity index (χ3n) is 3.87. The molecule has 0 saturated carbocycles. The zero-order chi connectivity index (χ0) is 15.1. The molecule has 3 nitrogen and oxygen atoms in total. The summed E-state index contributed by atoms with van der Waals surface area (Å²) in [7, 11) is 2.15. The highest BCUT2D eigenvalue weighted by Crippen LogP contribution is 2.21. The summed E-state index contributed by atoms with van der Waals surface area (Å²) < 4.78 is 19.0. The van der Waals surface area contributed by atoms with Crippen molar-refractivity contribution in [2.75, 3.05) is 26.8 Å². The Morgan fingerprint density at radius 2 is 2.29 bits per heavy atom. The van der Waals surface area contributed by atoms with Crippen LogP contribution in [0.3, 0.4) is 0 Å². The highest BCUT2D eigenvalue weighted by Gasteiger charge is 2.18. The van der Waals surface area contributed by atoms with Crippen molar-refractivity contribution in [3.05, 3.63) is 29.6 Å². The fraction of sp³-hybridized carbons (Fsp3) is 0.529. The second-order valence-corrected chi connectivity index (χ2v) is 5.37.